The molecule has 1 aliphatic rings. The largest absolute Gasteiger partial charge is 0.507 e. The van der Waals surface area contributed by atoms with E-state index in [0.717, 1.165) is 6.61 Å². The van der Waals surface area contributed by atoms with Crippen LogP contribution in [0.15, 0.2) is 47.4 Å². The van der Waals surface area contributed by atoms with E-state index in [2.05, 4.69) is 0 Å². The van der Waals surface area contributed by atoms with Crippen LogP contribution in [0.25, 0.3) is 21.5 Å². The number of fused-ring (bicyclic) bond motifs is 2. The molecule has 2 N–H and O–H groups in total. The van der Waals surface area contributed by atoms with Crippen molar-refractivity contribution >= 4 is 31.7 Å². The Bertz CT molecular complexity index is 1300. The highest BCUT2D eigenvalue weighted by molar-refractivity contribution is 7.85. The summed E-state index contributed by atoms with van der Waals surface area (Å²) in [7, 11) is -4.43. The number of rotatable bonds is 13. The van der Waals surface area contributed by atoms with E-state index in [-0.39, 0.29) is 47.1 Å². The molecule has 4 unspecified atom stereocenters. The normalized spacial score (nSPS) is 18.3. The Kier molecular flexibility index (Phi) is 8.34. The van der Waals surface area contributed by atoms with Crippen molar-refractivity contribution in [1.29, 1.82) is 0 Å². The standard InChI is InChI=1S/C26H32O9S/c1-16(31-12-17(2)33-14-19-15-34-19)11-32-18(3)13-35-26-22-7-5-4-6-21(22)25(27)24-10-20(36(28,29)30)8-9-23(24)26/h4-10,16-19,27H,11-15H2,1-3H3,(H,28,29,30). The Hall–Kier alpha value is -2.47. The summed E-state index contributed by atoms with van der Waals surface area (Å²) < 4.78 is 61.3. The van der Waals surface area contributed by atoms with E-state index in [1.165, 1.54) is 18.2 Å². The first-order valence-corrected chi connectivity index (χ1v) is 13.3. The molecule has 9 nitrogen and oxygen atoms in total. The molecule has 4 atom stereocenters. The number of ether oxygens (including phenoxy) is 5. The van der Waals surface area contributed by atoms with Gasteiger partial charge in [0.05, 0.1) is 49.6 Å². The Morgan fingerprint density at radius 2 is 1.47 bits per heavy atom. The maximum Gasteiger partial charge on any atom is 0.294 e. The molecule has 196 valence electrons. The van der Waals surface area contributed by atoms with Crippen LogP contribution >= 0.6 is 0 Å². The fourth-order valence-corrected chi connectivity index (χ4v) is 4.30. The number of epoxide rings is 1. The summed E-state index contributed by atoms with van der Waals surface area (Å²) in [5.41, 5.74) is 0. The Morgan fingerprint density at radius 3 is 2.11 bits per heavy atom. The van der Waals surface area contributed by atoms with Crippen LogP contribution in [0.1, 0.15) is 20.8 Å². The van der Waals surface area contributed by atoms with Gasteiger partial charge >= 0.3 is 0 Å². The zero-order chi connectivity index (χ0) is 25.9. The first kappa shape index (κ1) is 26.6. The summed E-state index contributed by atoms with van der Waals surface area (Å²) in [6.45, 7) is 8.17. The van der Waals surface area contributed by atoms with Crippen molar-refractivity contribution in [2.24, 2.45) is 0 Å². The minimum Gasteiger partial charge on any atom is -0.507 e. The molecule has 0 spiro atoms. The van der Waals surface area contributed by atoms with Gasteiger partial charge in [0, 0.05) is 21.5 Å². The number of phenols is 1. The van der Waals surface area contributed by atoms with Crippen LogP contribution in [-0.2, 0) is 29.1 Å². The molecular formula is C26H32O9S. The van der Waals surface area contributed by atoms with E-state index < -0.39 is 10.1 Å². The van der Waals surface area contributed by atoms with Crippen molar-refractivity contribution in [2.75, 3.05) is 33.0 Å². The molecule has 36 heavy (non-hydrogen) atoms. The predicted molar refractivity (Wildman–Crippen MR) is 134 cm³/mol. The zero-order valence-corrected chi connectivity index (χ0v) is 21.4. The third-order valence-corrected chi connectivity index (χ3v) is 6.73. The second-order valence-electron chi connectivity index (χ2n) is 9.10. The summed E-state index contributed by atoms with van der Waals surface area (Å²) in [6.07, 6.45) is -0.210. The van der Waals surface area contributed by atoms with Gasteiger partial charge in [0.25, 0.3) is 10.1 Å². The number of hydrogen-bond donors (Lipinski definition) is 2. The molecule has 1 fully saturated rings. The van der Waals surface area contributed by atoms with Crippen LogP contribution in [0.2, 0.25) is 0 Å². The molecule has 10 heteroatoms. The van der Waals surface area contributed by atoms with E-state index in [1.54, 1.807) is 12.1 Å². The predicted octanol–water partition coefficient (Wildman–Crippen LogP) is 3.94. The highest BCUT2D eigenvalue weighted by atomic mass is 32.2. The molecular weight excluding hydrogens is 488 g/mol. The highest BCUT2D eigenvalue weighted by Gasteiger charge is 2.23. The van der Waals surface area contributed by atoms with Crippen LogP contribution in [0, 0.1) is 0 Å². The molecule has 1 heterocycles. The van der Waals surface area contributed by atoms with Gasteiger partial charge in [0.15, 0.2) is 0 Å². The van der Waals surface area contributed by atoms with Gasteiger partial charge < -0.3 is 28.8 Å². The van der Waals surface area contributed by atoms with Crippen LogP contribution in [0.4, 0.5) is 0 Å². The smallest absolute Gasteiger partial charge is 0.294 e. The van der Waals surface area contributed by atoms with E-state index in [0.29, 0.717) is 41.7 Å². The zero-order valence-electron chi connectivity index (χ0n) is 20.5. The topological polar surface area (TPSA) is 124 Å². The maximum atomic E-state index is 11.6. The molecule has 3 aromatic rings. The fourth-order valence-electron chi connectivity index (χ4n) is 3.79. The van der Waals surface area contributed by atoms with Gasteiger partial charge in [-0.25, -0.2) is 0 Å². The molecule has 0 bridgehead atoms. The summed E-state index contributed by atoms with van der Waals surface area (Å²) >= 11 is 0. The van der Waals surface area contributed by atoms with Crippen molar-refractivity contribution in [3.05, 3.63) is 42.5 Å². The van der Waals surface area contributed by atoms with Crippen LogP contribution in [0.3, 0.4) is 0 Å². The summed E-state index contributed by atoms with van der Waals surface area (Å²) in [6, 6.07) is 11.2. The SMILES string of the molecule is CC(COc1c2ccccc2c(O)c2cc(S(=O)(=O)O)ccc12)OCC(C)OCC(C)OCC1CO1. The average Bonchev–Trinajstić information content (AvgIpc) is 3.69. The maximum absolute atomic E-state index is 11.6. The Morgan fingerprint density at radius 1 is 0.889 bits per heavy atom. The molecule has 0 aromatic heterocycles. The number of phenolic OH excluding ortho intramolecular Hbond substituents is 1. The minimum absolute atomic E-state index is 0.0326. The lowest BCUT2D eigenvalue weighted by Gasteiger charge is -2.21. The van der Waals surface area contributed by atoms with Gasteiger partial charge in [0.1, 0.15) is 24.2 Å². The number of hydrogen-bond acceptors (Lipinski definition) is 8. The molecule has 0 amide bonds. The highest BCUT2D eigenvalue weighted by Crippen LogP contribution is 2.42. The molecule has 1 aliphatic heterocycles. The lowest BCUT2D eigenvalue weighted by Crippen LogP contribution is -2.27. The van der Waals surface area contributed by atoms with Crippen LogP contribution in [-0.4, -0.2) is 75.5 Å². The van der Waals surface area contributed by atoms with Crippen LogP contribution < -0.4 is 4.74 Å². The van der Waals surface area contributed by atoms with E-state index in [1.807, 2.05) is 32.9 Å². The van der Waals surface area contributed by atoms with Crippen LogP contribution in [0.5, 0.6) is 11.5 Å². The van der Waals surface area contributed by atoms with Crippen molar-refractivity contribution in [3.63, 3.8) is 0 Å². The molecule has 1 saturated heterocycles. The van der Waals surface area contributed by atoms with Crippen molar-refractivity contribution < 1.29 is 41.8 Å². The molecule has 3 aromatic carbocycles. The van der Waals surface area contributed by atoms with E-state index >= 15 is 0 Å². The Labute approximate surface area is 210 Å². The summed E-state index contributed by atoms with van der Waals surface area (Å²) in [5, 5.41) is 12.8. The summed E-state index contributed by atoms with van der Waals surface area (Å²) in [4.78, 5) is -0.308. The second-order valence-corrected chi connectivity index (χ2v) is 10.5. The molecule has 0 aliphatic carbocycles. The van der Waals surface area contributed by atoms with Crippen molar-refractivity contribution in [2.45, 2.75) is 50.1 Å². The van der Waals surface area contributed by atoms with Gasteiger partial charge in [-0.1, -0.05) is 24.3 Å². The second kappa shape index (κ2) is 11.3. The van der Waals surface area contributed by atoms with E-state index in [9.17, 15) is 18.1 Å². The van der Waals surface area contributed by atoms with Gasteiger partial charge in [-0.15, -0.1) is 0 Å². The van der Waals surface area contributed by atoms with Crippen molar-refractivity contribution in [3.8, 4) is 11.5 Å². The third kappa shape index (κ3) is 6.64. The first-order chi connectivity index (χ1) is 17.1. The summed E-state index contributed by atoms with van der Waals surface area (Å²) in [5.74, 6) is 0.405. The van der Waals surface area contributed by atoms with E-state index in [4.69, 9.17) is 23.7 Å². The average molecular weight is 521 g/mol. The molecule has 0 radical (unpaired) electrons. The monoisotopic (exact) mass is 520 g/mol. The van der Waals surface area contributed by atoms with Gasteiger partial charge in [-0.05, 0) is 39.0 Å². The quantitative estimate of drug-likeness (QED) is 0.196. The van der Waals surface area contributed by atoms with Gasteiger partial charge in [-0.3, -0.25) is 4.55 Å². The van der Waals surface area contributed by atoms with Crippen molar-refractivity contribution in [1.82, 2.24) is 0 Å². The third-order valence-electron chi connectivity index (χ3n) is 5.88. The lowest BCUT2D eigenvalue weighted by molar-refractivity contribution is -0.0740. The minimum atomic E-state index is -4.43. The lowest BCUT2D eigenvalue weighted by atomic mass is 10.0. The molecule has 4 rings (SSSR count). The number of aromatic hydroxyl groups is 1. The van der Waals surface area contributed by atoms with Gasteiger partial charge in [-0.2, -0.15) is 8.42 Å². The first-order valence-electron chi connectivity index (χ1n) is 11.9. The molecule has 0 saturated carbocycles. The fraction of sp³-hybridized carbons (Fsp3) is 0.462. The van der Waals surface area contributed by atoms with Gasteiger partial charge in [0.2, 0.25) is 0 Å². The number of benzene rings is 3. The Balaban J connectivity index is 1.40.